The first-order valence-corrected chi connectivity index (χ1v) is 38.3. The van der Waals surface area contributed by atoms with Crippen molar-refractivity contribution < 1.29 is 0 Å². The molecule has 0 nitrogen and oxygen atoms in total. The number of hydrogen-bond acceptors (Lipinski definition) is 0. The molecule has 17 aromatic rings. The quantitative estimate of drug-likeness (QED) is 0.105. The number of aryl methyl sites for hydroxylation is 20. The molecule has 106 heavy (non-hydrogen) atoms. The Hall–Kier alpha value is -10.4. The predicted octanol–water partition coefficient (Wildman–Crippen LogP) is 30.8. The average Bonchev–Trinajstić information content (AvgIpc) is 0.765. The maximum atomic E-state index is 2.35. The number of benzene rings is 17. The van der Waals surface area contributed by atoms with Gasteiger partial charge in [0.05, 0.1) is 0 Å². The molecule has 534 valence electrons. The molecule has 0 aliphatic heterocycles. The van der Waals surface area contributed by atoms with Crippen molar-refractivity contribution >= 4 is 118 Å². The monoisotopic (exact) mass is 1380 g/mol. The van der Waals surface area contributed by atoms with Crippen LogP contribution in [0.4, 0.5) is 0 Å². The van der Waals surface area contributed by atoms with Crippen LogP contribution in [0.3, 0.4) is 0 Å². The average molecular weight is 1380 g/mol. The molecule has 17 aromatic carbocycles. The largest absolute Gasteiger partial charge is 0.0616 e. The lowest BCUT2D eigenvalue weighted by Gasteiger charge is -2.17. The molecule has 0 saturated heterocycles. The molecule has 0 unspecified atom stereocenters. The summed E-state index contributed by atoms with van der Waals surface area (Å²) in [6, 6.07) is 70.8. The van der Waals surface area contributed by atoms with Crippen LogP contribution in [0.1, 0.15) is 145 Å². The van der Waals surface area contributed by atoms with Crippen molar-refractivity contribution in [2.45, 2.75) is 180 Å². The van der Waals surface area contributed by atoms with Crippen LogP contribution in [0, 0.1) is 180 Å². The van der Waals surface area contributed by atoms with Crippen molar-refractivity contribution in [1.82, 2.24) is 0 Å². The molecule has 0 saturated carbocycles. The SMILES string of the molecule is Cc1cc2c(C)c(C)c3ccccc3c2c(C)c1C.Cc1cc2c(C)c(C)c3ccccc3c2c(C)c1C.Cc1cc2c(c(C)c1C)c(C)c(C)c1ccccc12.Cc1cc2c(c(C)c1C)c(C)c(C)c1ccccc12.Cc1cc2cc3ccccc3cc2c(C)c1C.Cc1cc2ccccc2c(C)c1C. The Balaban J connectivity index is 0.000000120. The molecule has 0 heterocycles. The summed E-state index contributed by atoms with van der Waals surface area (Å²) in [5.41, 5.74) is 36.7. The molecule has 17 rings (SSSR count). The molecular weight excluding hydrogens is 1270 g/mol. The summed E-state index contributed by atoms with van der Waals surface area (Å²) in [6.07, 6.45) is 0. The smallest absolute Gasteiger partial charge is 0.00704 e. The van der Waals surface area contributed by atoms with Crippen LogP contribution in [-0.2, 0) is 0 Å². The minimum absolute atomic E-state index is 1.32. The second kappa shape index (κ2) is 30.2. The molecule has 0 aromatic heterocycles. The van der Waals surface area contributed by atoms with Gasteiger partial charge in [-0.2, -0.15) is 0 Å². The lowest BCUT2D eigenvalue weighted by Crippen LogP contribution is -1.95. The molecule has 0 radical (unpaired) electrons. The van der Waals surface area contributed by atoms with Gasteiger partial charge in [-0.05, 0) is 455 Å². The first kappa shape index (κ1) is 75.3. The molecule has 0 heteroatoms. The molecular formula is C106H110. The zero-order valence-electron chi connectivity index (χ0n) is 68.5. The summed E-state index contributed by atoms with van der Waals surface area (Å²) in [5.74, 6) is 0. The van der Waals surface area contributed by atoms with Crippen LogP contribution in [0.5, 0.6) is 0 Å². The van der Waals surface area contributed by atoms with Crippen molar-refractivity contribution in [3.63, 3.8) is 0 Å². The lowest BCUT2D eigenvalue weighted by molar-refractivity contribution is 1.28. The third-order valence-electron chi connectivity index (χ3n) is 25.6. The highest BCUT2D eigenvalue weighted by Crippen LogP contribution is 2.42. The molecule has 0 spiro atoms. The zero-order valence-corrected chi connectivity index (χ0v) is 68.5. The van der Waals surface area contributed by atoms with Gasteiger partial charge in [0.15, 0.2) is 0 Å². The lowest BCUT2D eigenvalue weighted by atomic mass is 9.87. The third kappa shape index (κ3) is 13.5. The van der Waals surface area contributed by atoms with Gasteiger partial charge in [0.25, 0.3) is 0 Å². The van der Waals surface area contributed by atoms with E-state index in [1.807, 2.05) is 0 Å². The number of hydrogen-bond donors (Lipinski definition) is 0. The fourth-order valence-corrected chi connectivity index (χ4v) is 17.1. The summed E-state index contributed by atoms with van der Waals surface area (Å²) in [5, 5.41) is 30.6. The van der Waals surface area contributed by atoms with Crippen molar-refractivity contribution in [2.24, 2.45) is 0 Å². The van der Waals surface area contributed by atoms with E-state index in [4.69, 9.17) is 0 Å². The molecule has 0 amide bonds. The van der Waals surface area contributed by atoms with Gasteiger partial charge in [-0.3, -0.25) is 0 Å². The van der Waals surface area contributed by atoms with Crippen molar-refractivity contribution in [1.29, 1.82) is 0 Å². The van der Waals surface area contributed by atoms with Crippen molar-refractivity contribution in [3.05, 3.63) is 339 Å². The van der Waals surface area contributed by atoms with E-state index in [-0.39, 0.29) is 0 Å². The molecule has 0 atom stereocenters. The Morgan fingerprint density at radius 3 is 0.708 bits per heavy atom. The highest BCUT2D eigenvalue weighted by atomic mass is 14.2. The van der Waals surface area contributed by atoms with Crippen LogP contribution in [0.15, 0.2) is 194 Å². The van der Waals surface area contributed by atoms with E-state index in [1.165, 1.54) is 263 Å². The second-order valence-electron chi connectivity index (χ2n) is 31.2. The van der Waals surface area contributed by atoms with Crippen LogP contribution < -0.4 is 0 Å². The summed E-state index contributed by atoms with van der Waals surface area (Å²) in [4.78, 5) is 0. The summed E-state index contributed by atoms with van der Waals surface area (Å²) in [6.45, 7) is 58.0. The van der Waals surface area contributed by atoms with Gasteiger partial charge < -0.3 is 0 Å². The van der Waals surface area contributed by atoms with E-state index in [1.54, 1.807) is 0 Å². The predicted molar refractivity (Wildman–Crippen MR) is 474 cm³/mol. The van der Waals surface area contributed by atoms with Crippen molar-refractivity contribution in [2.75, 3.05) is 0 Å². The van der Waals surface area contributed by atoms with Gasteiger partial charge in [-0.15, -0.1) is 0 Å². The van der Waals surface area contributed by atoms with E-state index in [9.17, 15) is 0 Å². The standard InChI is InChI=1S/4C19H20.C17H16.C13H14/c2*1-11-10-18-14(4)13(3)16-8-6-7-9-17(16)19(18)15(5)12(11)2;2*1-11-10-18-17-9-7-6-8-16(17)13(3)15(5)19(18)14(4)12(11)2;1-11-8-16-9-14-6-4-5-7-15(14)10-17(16)13(3)12(11)2;1-9-8-12-6-4-5-7-13(12)11(3)10(9)2/h4*6-10H,1-5H3;4-10H,1-3H3;4-8H,1-3H3. The Labute approximate surface area is 633 Å². The first-order valence-electron chi connectivity index (χ1n) is 38.3. The normalized spacial score (nSPS) is 11.3. The van der Waals surface area contributed by atoms with Gasteiger partial charge in [0, 0.05) is 0 Å². The van der Waals surface area contributed by atoms with E-state index in [0.29, 0.717) is 0 Å². The maximum Gasteiger partial charge on any atom is -0.00704 e. The van der Waals surface area contributed by atoms with Gasteiger partial charge in [-0.1, -0.05) is 182 Å². The summed E-state index contributed by atoms with van der Waals surface area (Å²) < 4.78 is 0. The fraction of sp³-hybridized carbons (Fsp3) is 0.245. The van der Waals surface area contributed by atoms with E-state index >= 15 is 0 Å². The molecule has 0 aliphatic carbocycles. The Morgan fingerprint density at radius 2 is 0.330 bits per heavy atom. The highest BCUT2D eigenvalue weighted by Gasteiger charge is 2.18. The second-order valence-corrected chi connectivity index (χ2v) is 31.2. The topological polar surface area (TPSA) is 0 Å². The fourth-order valence-electron chi connectivity index (χ4n) is 17.1. The van der Waals surface area contributed by atoms with Crippen LogP contribution in [0.2, 0.25) is 0 Å². The van der Waals surface area contributed by atoms with Crippen LogP contribution >= 0.6 is 0 Å². The van der Waals surface area contributed by atoms with E-state index in [2.05, 4.69) is 374 Å². The summed E-state index contributed by atoms with van der Waals surface area (Å²) >= 11 is 0. The minimum atomic E-state index is 1.32. The zero-order chi connectivity index (χ0) is 76.3. The van der Waals surface area contributed by atoms with E-state index < -0.39 is 0 Å². The van der Waals surface area contributed by atoms with Crippen molar-refractivity contribution in [3.8, 4) is 0 Å². The van der Waals surface area contributed by atoms with Crippen LogP contribution in [0.25, 0.3) is 118 Å². The molecule has 0 N–H and O–H groups in total. The van der Waals surface area contributed by atoms with Gasteiger partial charge in [0.2, 0.25) is 0 Å². The van der Waals surface area contributed by atoms with Gasteiger partial charge in [0.1, 0.15) is 0 Å². The van der Waals surface area contributed by atoms with E-state index in [0.717, 1.165) is 0 Å². The molecule has 0 fully saturated rings. The Bertz CT molecular complexity index is 6130. The third-order valence-corrected chi connectivity index (χ3v) is 25.6. The molecule has 0 bridgehead atoms. The maximum absolute atomic E-state index is 2.35. The van der Waals surface area contributed by atoms with Crippen LogP contribution in [-0.4, -0.2) is 0 Å². The van der Waals surface area contributed by atoms with Gasteiger partial charge >= 0.3 is 0 Å². The highest BCUT2D eigenvalue weighted by molar-refractivity contribution is 6.16. The first-order chi connectivity index (χ1) is 50.4. The number of fused-ring (bicyclic) bond motifs is 15. The minimum Gasteiger partial charge on any atom is -0.0616 e. The summed E-state index contributed by atoms with van der Waals surface area (Å²) in [7, 11) is 0. The Morgan fingerprint density at radius 1 is 0.113 bits per heavy atom. The Kier molecular flexibility index (Phi) is 21.5. The number of rotatable bonds is 0. The molecule has 0 aliphatic rings. The van der Waals surface area contributed by atoms with Gasteiger partial charge in [-0.25, -0.2) is 0 Å².